The van der Waals surface area contributed by atoms with Crippen LogP contribution in [0.3, 0.4) is 0 Å². The first-order valence-electron chi connectivity index (χ1n) is 10.3. The summed E-state index contributed by atoms with van der Waals surface area (Å²) in [5, 5.41) is 9.24. The van der Waals surface area contributed by atoms with E-state index in [1.54, 1.807) is 36.7 Å². The lowest BCUT2D eigenvalue weighted by atomic mass is 10.0. The third-order valence-electron chi connectivity index (χ3n) is 5.17. The maximum absolute atomic E-state index is 12.8. The van der Waals surface area contributed by atoms with Crippen molar-refractivity contribution in [1.82, 2.24) is 15.6 Å². The molecule has 8 heteroatoms. The first-order chi connectivity index (χ1) is 14.5. The van der Waals surface area contributed by atoms with Gasteiger partial charge in [0, 0.05) is 47.9 Å². The van der Waals surface area contributed by atoms with Crippen molar-refractivity contribution < 1.29 is 9.59 Å². The van der Waals surface area contributed by atoms with Gasteiger partial charge in [0.1, 0.15) is 6.04 Å². The van der Waals surface area contributed by atoms with Gasteiger partial charge in [-0.1, -0.05) is 24.9 Å². The predicted molar refractivity (Wildman–Crippen MR) is 120 cm³/mol. The van der Waals surface area contributed by atoms with Crippen molar-refractivity contribution in [2.45, 2.75) is 44.7 Å². The quantitative estimate of drug-likeness (QED) is 0.624. The van der Waals surface area contributed by atoms with Crippen LogP contribution in [-0.2, 0) is 4.79 Å². The Morgan fingerprint density at radius 2 is 1.80 bits per heavy atom. The normalized spacial score (nSPS) is 15.3. The van der Waals surface area contributed by atoms with Gasteiger partial charge in [0.2, 0.25) is 5.91 Å². The molecule has 0 bridgehead atoms. The molecule has 1 atom stereocenters. The summed E-state index contributed by atoms with van der Waals surface area (Å²) in [5.41, 5.74) is 1.77. The minimum atomic E-state index is -0.569. The lowest BCUT2D eigenvalue weighted by Gasteiger charge is -2.34. The number of hydrogen-bond acceptors (Lipinski definition) is 4. The molecule has 1 aliphatic heterocycles. The van der Waals surface area contributed by atoms with E-state index < -0.39 is 12.1 Å². The maximum atomic E-state index is 12.8. The van der Waals surface area contributed by atoms with E-state index in [9.17, 15) is 9.59 Å². The summed E-state index contributed by atoms with van der Waals surface area (Å²) in [5.74, 6) is -0.134. The highest BCUT2D eigenvalue weighted by molar-refractivity contribution is 6.30. The van der Waals surface area contributed by atoms with Gasteiger partial charge in [-0.05, 0) is 55.7 Å². The molecule has 1 fully saturated rings. The number of benzene rings is 1. The number of aromatic nitrogens is 1. The molecule has 0 aliphatic carbocycles. The summed E-state index contributed by atoms with van der Waals surface area (Å²) >= 11 is 5.86. The summed E-state index contributed by atoms with van der Waals surface area (Å²) in [4.78, 5) is 31.5. The highest BCUT2D eigenvalue weighted by Crippen LogP contribution is 2.19. The van der Waals surface area contributed by atoms with E-state index in [2.05, 4.69) is 25.8 Å². The molecular formula is C22H28ClN5O2. The number of hydrogen-bond donors (Lipinski definition) is 3. The van der Waals surface area contributed by atoms with Crippen LogP contribution >= 0.6 is 11.6 Å². The SMILES string of the molecule is CCCC(NC(=O)Nc1ccc(Cl)cc1)C(=O)NC1CCN(c2ccncc2)CC1. The average molecular weight is 430 g/mol. The first kappa shape index (κ1) is 21.9. The molecule has 0 radical (unpaired) electrons. The third kappa shape index (κ3) is 6.35. The topological polar surface area (TPSA) is 86.4 Å². The molecule has 1 unspecified atom stereocenters. The third-order valence-corrected chi connectivity index (χ3v) is 5.42. The van der Waals surface area contributed by atoms with Crippen molar-refractivity contribution in [1.29, 1.82) is 0 Å². The van der Waals surface area contributed by atoms with Gasteiger partial charge >= 0.3 is 6.03 Å². The monoisotopic (exact) mass is 429 g/mol. The molecule has 7 nitrogen and oxygen atoms in total. The molecule has 1 aromatic carbocycles. The van der Waals surface area contributed by atoms with Crippen LogP contribution in [0.5, 0.6) is 0 Å². The van der Waals surface area contributed by atoms with Gasteiger partial charge in [-0.3, -0.25) is 9.78 Å². The zero-order chi connectivity index (χ0) is 21.3. The maximum Gasteiger partial charge on any atom is 0.319 e. The summed E-state index contributed by atoms with van der Waals surface area (Å²) in [6.07, 6.45) is 6.68. The molecule has 2 aromatic rings. The number of nitrogens with zero attached hydrogens (tertiary/aromatic N) is 2. The fraction of sp³-hybridized carbons (Fsp3) is 0.409. The molecule has 160 valence electrons. The lowest BCUT2D eigenvalue weighted by molar-refractivity contribution is -0.123. The Hall–Kier alpha value is -2.80. The number of pyridine rings is 1. The van der Waals surface area contributed by atoms with Crippen molar-refractivity contribution in [3.8, 4) is 0 Å². The van der Waals surface area contributed by atoms with E-state index in [0.29, 0.717) is 17.1 Å². The Morgan fingerprint density at radius 3 is 2.43 bits per heavy atom. The molecule has 0 saturated carbocycles. The number of halogens is 1. The summed E-state index contributed by atoms with van der Waals surface area (Å²) in [7, 11) is 0. The fourth-order valence-electron chi connectivity index (χ4n) is 3.55. The molecule has 3 amide bonds. The van der Waals surface area contributed by atoms with Crippen LogP contribution in [0.15, 0.2) is 48.8 Å². The van der Waals surface area contributed by atoms with Crippen LogP contribution in [0, 0.1) is 0 Å². The number of nitrogens with one attached hydrogen (secondary N) is 3. The summed E-state index contributed by atoms with van der Waals surface area (Å²) < 4.78 is 0. The largest absolute Gasteiger partial charge is 0.371 e. The first-order valence-corrected chi connectivity index (χ1v) is 10.7. The molecule has 0 spiro atoms. The van der Waals surface area contributed by atoms with Crippen molar-refractivity contribution in [3.63, 3.8) is 0 Å². The van der Waals surface area contributed by atoms with Gasteiger partial charge in [-0.15, -0.1) is 0 Å². The molecule has 2 heterocycles. The highest BCUT2D eigenvalue weighted by atomic mass is 35.5. The number of carbonyl (C=O) groups is 2. The Labute approximate surface area is 182 Å². The smallest absolute Gasteiger partial charge is 0.319 e. The zero-order valence-corrected chi connectivity index (χ0v) is 17.9. The Balaban J connectivity index is 1.49. The van der Waals surface area contributed by atoms with Crippen molar-refractivity contribution in [3.05, 3.63) is 53.8 Å². The van der Waals surface area contributed by atoms with Gasteiger partial charge < -0.3 is 20.9 Å². The van der Waals surface area contributed by atoms with Crippen molar-refractivity contribution in [2.24, 2.45) is 0 Å². The molecule has 30 heavy (non-hydrogen) atoms. The van der Waals surface area contributed by atoms with E-state index in [1.165, 1.54) is 0 Å². The zero-order valence-electron chi connectivity index (χ0n) is 17.1. The van der Waals surface area contributed by atoms with Gasteiger partial charge in [0.25, 0.3) is 0 Å². The number of carbonyl (C=O) groups excluding carboxylic acids is 2. The summed E-state index contributed by atoms with van der Waals surface area (Å²) in [6, 6.07) is 9.96. The number of piperidine rings is 1. The number of urea groups is 1. The van der Waals surface area contributed by atoms with Crippen LogP contribution in [0.4, 0.5) is 16.2 Å². The molecule has 3 rings (SSSR count). The number of amides is 3. The van der Waals surface area contributed by atoms with Crippen LogP contribution in [0.1, 0.15) is 32.6 Å². The van der Waals surface area contributed by atoms with E-state index >= 15 is 0 Å². The second-order valence-corrected chi connectivity index (χ2v) is 7.86. The summed E-state index contributed by atoms with van der Waals surface area (Å²) in [6.45, 7) is 3.74. The van der Waals surface area contributed by atoms with E-state index in [1.807, 2.05) is 19.1 Å². The molecular weight excluding hydrogens is 402 g/mol. The number of rotatable bonds is 7. The van der Waals surface area contributed by atoms with Crippen LogP contribution < -0.4 is 20.9 Å². The Kier molecular flexibility index (Phi) is 7.90. The van der Waals surface area contributed by atoms with Gasteiger partial charge in [0.05, 0.1) is 0 Å². The van der Waals surface area contributed by atoms with E-state index in [0.717, 1.165) is 38.0 Å². The highest BCUT2D eigenvalue weighted by Gasteiger charge is 2.25. The lowest BCUT2D eigenvalue weighted by Crippen LogP contribution is -2.52. The van der Waals surface area contributed by atoms with Gasteiger partial charge in [-0.2, -0.15) is 0 Å². The average Bonchev–Trinajstić information content (AvgIpc) is 2.76. The van der Waals surface area contributed by atoms with E-state index in [4.69, 9.17) is 11.6 Å². The van der Waals surface area contributed by atoms with Crippen molar-refractivity contribution in [2.75, 3.05) is 23.3 Å². The molecule has 1 saturated heterocycles. The van der Waals surface area contributed by atoms with Crippen LogP contribution in [0.25, 0.3) is 0 Å². The Bertz CT molecular complexity index is 823. The minimum absolute atomic E-state index is 0.107. The number of anilines is 2. The standard InChI is InChI=1S/C22H28ClN5O2/c1-2-3-20(27-22(30)26-17-6-4-16(23)5-7-17)21(29)25-18-10-14-28(15-11-18)19-8-12-24-13-9-19/h4-9,12-13,18,20H,2-3,10-11,14-15H2,1H3,(H,25,29)(H2,26,27,30). The van der Waals surface area contributed by atoms with Crippen LogP contribution in [0.2, 0.25) is 5.02 Å². The predicted octanol–water partition coefficient (Wildman–Crippen LogP) is 3.81. The molecule has 1 aromatic heterocycles. The minimum Gasteiger partial charge on any atom is -0.371 e. The van der Waals surface area contributed by atoms with Crippen LogP contribution in [-0.4, -0.2) is 42.1 Å². The van der Waals surface area contributed by atoms with Gasteiger partial charge in [0.15, 0.2) is 0 Å². The molecule has 3 N–H and O–H groups in total. The second kappa shape index (κ2) is 10.8. The second-order valence-electron chi connectivity index (χ2n) is 7.42. The fourth-order valence-corrected chi connectivity index (χ4v) is 3.68. The molecule has 1 aliphatic rings. The van der Waals surface area contributed by atoms with E-state index in [-0.39, 0.29) is 11.9 Å². The van der Waals surface area contributed by atoms with Gasteiger partial charge in [-0.25, -0.2) is 4.79 Å². The Morgan fingerprint density at radius 1 is 1.13 bits per heavy atom. The van der Waals surface area contributed by atoms with Crippen molar-refractivity contribution >= 4 is 34.9 Å².